The molecule has 0 rings (SSSR count). The Kier molecular flexibility index (Phi) is 3.42. The third-order valence-corrected chi connectivity index (χ3v) is 1.96. The first-order chi connectivity index (χ1) is 3.18. The molecule has 0 heterocycles. The molecular weight excluding hydrogens is 112 g/mol. The molecule has 1 atom stereocenters. The Bertz CT molecular complexity index is 47.0. The zero-order valence-corrected chi connectivity index (χ0v) is 5.36. The lowest BCUT2D eigenvalue weighted by atomic mass is 10.6. The second-order valence-electron chi connectivity index (χ2n) is 1.56. The molecule has 0 aliphatic rings. The lowest BCUT2D eigenvalue weighted by Gasteiger charge is -2.09. The standard InChI is InChI=1S/C4H10O2S/c1-4(2)7(6)3-5/h4-5H,3H2,1-2H3. The Hall–Kier alpha value is 0.270. The van der Waals surface area contributed by atoms with Gasteiger partial charge in [-0.05, 0) is 25.0 Å². The van der Waals surface area contributed by atoms with Crippen LogP contribution in [0.4, 0.5) is 0 Å². The van der Waals surface area contributed by atoms with Gasteiger partial charge in [-0.25, -0.2) is 0 Å². The highest BCUT2D eigenvalue weighted by atomic mass is 32.2. The molecule has 1 N–H and O–H groups in total. The number of hydrogen-bond donors (Lipinski definition) is 1. The van der Waals surface area contributed by atoms with Crippen molar-refractivity contribution in [3.8, 4) is 0 Å². The molecule has 0 saturated heterocycles. The van der Waals surface area contributed by atoms with E-state index in [1.165, 1.54) is 0 Å². The fourth-order valence-electron chi connectivity index (χ4n) is 0.149. The van der Waals surface area contributed by atoms with Gasteiger partial charge >= 0.3 is 0 Å². The summed E-state index contributed by atoms with van der Waals surface area (Å²) in [4.78, 5) is 0. The van der Waals surface area contributed by atoms with Gasteiger partial charge in [0.25, 0.3) is 0 Å². The Labute approximate surface area is 46.7 Å². The van der Waals surface area contributed by atoms with Crippen molar-refractivity contribution in [2.75, 3.05) is 5.94 Å². The lowest BCUT2D eigenvalue weighted by molar-refractivity contribution is 0.357. The van der Waals surface area contributed by atoms with Gasteiger partial charge in [0, 0.05) is 0 Å². The van der Waals surface area contributed by atoms with E-state index in [4.69, 9.17) is 5.11 Å². The Morgan fingerprint density at radius 3 is 2.14 bits per heavy atom. The van der Waals surface area contributed by atoms with Crippen LogP contribution in [0.1, 0.15) is 13.8 Å². The maximum atomic E-state index is 10.4. The van der Waals surface area contributed by atoms with Gasteiger partial charge in [-0.15, -0.1) is 0 Å². The highest BCUT2D eigenvalue weighted by Crippen LogP contribution is 1.96. The van der Waals surface area contributed by atoms with Gasteiger partial charge in [0.05, 0.1) is 0 Å². The fraction of sp³-hybridized carbons (Fsp3) is 1.00. The van der Waals surface area contributed by atoms with Crippen molar-refractivity contribution in [3.63, 3.8) is 0 Å². The fourth-order valence-corrected chi connectivity index (χ4v) is 0.447. The smallest absolute Gasteiger partial charge is 0.203 e. The van der Waals surface area contributed by atoms with Gasteiger partial charge in [0.2, 0.25) is 5.94 Å². The van der Waals surface area contributed by atoms with Gasteiger partial charge < -0.3 is 9.66 Å². The minimum absolute atomic E-state index is 0.0880. The van der Waals surface area contributed by atoms with Crippen molar-refractivity contribution in [1.82, 2.24) is 0 Å². The molecule has 0 aromatic rings. The Morgan fingerprint density at radius 1 is 1.71 bits per heavy atom. The molecule has 3 heteroatoms. The van der Waals surface area contributed by atoms with Crippen LogP contribution in [0.25, 0.3) is 0 Å². The molecule has 0 radical (unpaired) electrons. The average molecular weight is 122 g/mol. The number of aliphatic hydroxyl groups excluding tert-OH is 1. The third kappa shape index (κ3) is 2.91. The number of rotatable bonds is 2. The molecule has 0 aliphatic carbocycles. The zero-order valence-electron chi connectivity index (χ0n) is 4.55. The average Bonchev–Trinajstić information content (AvgIpc) is 1.65. The van der Waals surface area contributed by atoms with Crippen LogP contribution in [-0.2, 0) is 11.2 Å². The first kappa shape index (κ1) is 7.27. The minimum Gasteiger partial charge on any atom is -0.614 e. The second kappa shape index (κ2) is 3.29. The summed E-state index contributed by atoms with van der Waals surface area (Å²) in [7, 11) is 0. The van der Waals surface area contributed by atoms with Crippen LogP contribution >= 0.6 is 0 Å². The predicted molar refractivity (Wildman–Crippen MR) is 30.4 cm³/mol. The summed E-state index contributed by atoms with van der Waals surface area (Å²) < 4.78 is 10.4. The molecule has 0 aliphatic heterocycles. The van der Waals surface area contributed by atoms with Crippen molar-refractivity contribution in [2.24, 2.45) is 0 Å². The van der Waals surface area contributed by atoms with E-state index in [-0.39, 0.29) is 11.2 Å². The summed E-state index contributed by atoms with van der Waals surface area (Å²) in [6, 6.07) is 0. The van der Waals surface area contributed by atoms with Crippen molar-refractivity contribution >= 4 is 11.2 Å². The van der Waals surface area contributed by atoms with Crippen molar-refractivity contribution in [1.29, 1.82) is 0 Å². The third-order valence-electron chi connectivity index (χ3n) is 0.653. The van der Waals surface area contributed by atoms with Gasteiger partial charge in [-0.2, -0.15) is 0 Å². The van der Waals surface area contributed by atoms with E-state index in [1.807, 2.05) is 13.8 Å². The van der Waals surface area contributed by atoms with Crippen LogP contribution in [0.15, 0.2) is 0 Å². The number of hydrogen-bond acceptors (Lipinski definition) is 2. The first-order valence-electron chi connectivity index (χ1n) is 2.16. The lowest BCUT2D eigenvalue weighted by Crippen LogP contribution is -2.16. The Morgan fingerprint density at radius 2 is 2.14 bits per heavy atom. The van der Waals surface area contributed by atoms with Crippen LogP contribution in [0.3, 0.4) is 0 Å². The molecular formula is C4H10O2S. The molecule has 0 aromatic heterocycles. The van der Waals surface area contributed by atoms with E-state index in [9.17, 15) is 4.55 Å². The quantitative estimate of drug-likeness (QED) is 0.528. The molecule has 0 saturated carbocycles. The van der Waals surface area contributed by atoms with Gasteiger partial charge in [-0.1, -0.05) is 0 Å². The van der Waals surface area contributed by atoms with Crippen LogP contribution in [0, 0.1) is 0 Å². The molecule has 0 amide bonds. The zero-order chi connectivity index (χ0) is 5.86. The Balaban J connectivity index is 3.14. The van der Waals surface area contributed by atoms with E-state index >= 15 is 0 Å². The van der Waals surface area contributed by atoms with E-state index in [0.29, 0.717) is 0 Å². The van der Waals surface area contributed by atoms with Gasteiger partial charge in [-0.3, -0.25) is 0 Å². The van der Waals surface area contributed by atoms with Crippen molar-refractivity contribution < 1.29 is 9.66 Å². The molecule has 0 aromatic carbocycles. The molecule has 0 fully saturated rings. The second-order valence-corrected chi connectivity index (χ2v) is 3.52. The van der Waals surface area contributed by atoms with Gasteiger partial charge in [0.15, 0.2) is 0 Å². The highest BCUT2D eigenvalue weighted by Gasteiger charge is 2.06. The summed E-state index contributed by atoms with van der Waals surface area (Å²) in [6.07, 6.45) is 0. The molecule has 44 valence electrons. The van der Waals surface area contributed by atoms with Crippen LogP contribution in [0.5, 0.6) is 0 Å². The maximum Gasteiger partial charge on any atom is 0.203 e. The summed E-state index contributed by atoms with van der Waals surface area (Å²) in [5, 5.41) is 8.29. The van der Waals surface area contributed by atoms with Crippen LogP contribution in [0.2, 0.25) is 0 Å². The van der Waals surface area contributed by atoms with Crippen LogP contribution in [-0.4, -0.2) is 20.8 Å². The predicted octanol–water partition coefficient (Wildman–Crippen LogP) is 0.0933. The van der Waals surface area contributed by atoms with E-state index in [0.717, 1.165) is 0 Å². The normalized spacial score (nSPS) is 15.0. The largest absolute Gasteiger partial charge is 0.614 e. The SMILES string of the molecule is CC(C)[S+]([O-])CO. The van der Waals surface area contributed by atoms with E-state index < -0.39 is 11.2 Å². The molecule has 0 bridgehead atoms. The van der Waals surface area contributed by atoms with E-state index in [1.54, 1.807) is 0 Å². The molecule has 0 spiro atoms. The molecule has 2 nitrogen and oxygen atoms in total. The molecule has 1 unspecified atom stereocenters. The van der Waals surface area contributed by atoms with E-state index in [2.05, 4.69) is 0 Å². The summed E-state index contributed by atoms with van der Waals surface area (Å²) >= 11 is -1.02. The monoisotopic (exact) mass is 122 g/mol. The first-order valence-corrected chi connectivity index (χ1v) is 3.54. The highest BCUT2D eigenvalue weighted by molar-refractivity contribution is 7.91. The topological polar surface area (TPSA) is 43.3 Å². The van der Waals surface area contributed by atoms with Crippen LogP contribution < -0.4 is 0 Å². The van der Waals surface area contributed by atoms with Crippen molar-refractivity contribution in [2.45, 2.75) is 19.1 Å². The number of aliphatic hydroxyl groups is 1. The molecule has 7 heavy (non-hydrogen) atoms. The maximum absolute atomic E-state index is 10.4. The summed E-state index contributed by atoms with van der Waals surface area (Å²) in [5.41, 5.74) is 0. The summed E-state index contributed by atoms with van der Waals surface area (Å²) in [5.74, 6) is -0.211. The van der Waals surface area contributed by atoms with Gasteiger partial charge in [0.1, 0.15) is 5.25 Å². The van der Waals surface area contributed by atoms with Crippen molar-refractivity contribution in [3.05, 3.63) is 0 Å². The minimum atomic E-state index is -1.02. The summed E-state index contributed by atoms with van der Waals surface area (Å²) in [6.45, 7) is 3.62.